The Labute approximate surface area is 125 Å². The van der Waals surface area contributed by atoms with Gasteiger partial charge in [0.2, 0.25) is 0 Å². The molecule has 0 amide bonds. The van der Waals surface area contributed by atoms with Crippen LogP contribution in [0.1, 0.15) is 24.8 Å². The normalized spacial score (nSPS) is 15.9. The molecule has 1 saturated carbocycles. The minimum atomic E-state index is 0. The fraction of sp³-hybridized carbons (Fsp3) is 0.667. The van der Waals surface area contributed by atoms with Crippen molar-refractivity contribution in [3.63, 3.8) is 0 Å². The second kappa shape index (κ2) is 7.60. The predicted molar refractivity (Wildman–Crippen MR) is 84.2 cm³/mol. The van der Waals surface area contributed by atoms with Gasteiger partial charge in [-0.25, -0.2) is 0 Å². The topological polar surface area (TPSA) is 68.2 Å². The van der Waals surface area contributed by atoms with E-state index in [2.05, 4.69) is 15.4 Å². The van der Waals surface area contributed by atoms with Gasteiger partial charge in [-0.2, -0.15) is 5.10 Å². The van der Waals surface area contributed by atoms with Crippen LogP contribution in [0.2, 0.25) is 0 Å². The first kappa shape index (κ1) is 15.3. The standard InChI is InChI=1S/C12H21N5.HI/c1-10-7-16-17(9-10)6-5-14-12(13)15-8-11-3-2-4-11;/h7,9,11H,2-6,8H2,1H3,(H3,13,14,15);1H. The van der Waals surface area contributed by atoms with Gasteiger partial charge < -0.3 is 11.1 Å². The zero-order valence-electron chi connectivity index (χ0n) is 10.8. The highest BCUT2D eigenvalue weighted by Gasteiger charge is 2.16. The Morgan fingerprint density at radius 1 is 1.61 bits per heavy atom. The van der Waals surface area contributed by atoms with Crippen molar-refractivity contribution >= 4 is 29.9 Å². The second-order valence-corrected chi connectivity index (χ2v) is 4.73. The molecule has 0 saturated heterocycles. The summed E-state index contributed by atoms with van der Waals surface area (Å²) in [5.74, 6) is 1.32. The maximum Gasteiger partial charge on any atom is 0.188 e. The summed E-state index contributed by atoms with van der Waals surface area (Å²) in [4.78, 5) is 4.34. The predicted octanol–water partition coefficient (Wildman–Crippen LogP) is 1.51. The van der Waals surface area contributed by atoms with Gasteiger partial charge in [0.15, 0.2) is 5.96 Å². The molecule has 0 aliphatic heterocycles. The lowest BCUT2D eigenvalue weighted by Crippen LogP contribution is -2.35. The smallest absolute Gasteiger partial charge is 0.188 e. The van der Waals surface area contributed by atoms with Gasteiger partial charge in [0, 0.05) is 19.3 Å². The second-order valence-electron chi connectivity index (χ2n) is 4.73. The van der Waals surface area contributed by atoms with Crippen LogP contribution in [0.3, 0.4) is 0 Å². The van der Waals surface area contributed by atoms with Crippen molar-refractivity contribution in [3.8, 4) is 0 Å². The van der Waals surface area contributed by atoms with Crippen LogP contribution in [0.15, 0.2) is 17.4 Å². The number of nitrogens with zero attached hydrogens (tertiary/aromatic N) is 3. The number of aromatic nitrogens is 2. The lowest BCUT2D eigenvalue weighted by molar-refractivity contribution is 0.326. The quantitative estimate of drug-likeness (QED) is 0.474. The van der Waals surface area contributed by atoms with Gasteiger partial charge in [-0.1, -0.05) is 6.42 Å². The van der Waals surface area contributed by atoms with E-state index in [-0.39, 0.29) is 24.0 Å². The van der Waals surface area contributed by atoms with Gasteiger partial charge in [0.25, 0.3) is 0 Å². The molecule has 1 heterocycles. The molecule has 1 aliphatic carbocycles. The Balaban J connectivity index is 0.00000162. The lowest BCUT2D eigenvalue weighted by Gasteiger charge is -2.23. The zero-order chi connectivity index (χ0) is 12.1. The van der Waals surface area contributed by atoms with Crippen molar-refractivity contribution in [1.29, 1.82) is 0 Å². The molecule has 18 heavy (non-hydrogen) atoms. The van der Waals surface area contributed by atoms with E-state index in [9.17, 15) is 0 Å². The van der Waals surface area contributed by atoms with Crippen molar-refractivity contribution < 1.29 is 0 Å². The van der Waals surface area contributed by atoms with Crippen LogP contribution in [-0.4, -0.2) is 28.8 Å². The Morgan fingerprint density at radius 3 is 2.94 bits per heavy atom. The highest BCUT2D eigenvalue weighted by atomic mass is 127. The van der Waals surface area contributed by atoms with Gasteiger partial charge in [-0.3, -0.25) is 9.67 Å². The average molecular weight is 363 g/mol. The van der Waals surface area contributed by atoms with Crippen molar-refractivity contribution in [2.45, 2.75) is 32.7 Å². The summed E-state index contributed by atoms with van der Waals surface area (Å²) >= 11 is 0. The summed E-state index contributed by atoms with van der Waals surface area (Å²) in [6.07, 6.45) is 7.84. The lowest BCUT2D eigenvalue weighted by atomic mass is 9.86. The number of hydrogen-bond acceptors (Lipinski definition) is 2. The molecule has 1 fully saturated rings. The molecule has 5 nitrogen and oxygen atoms in total. The molecule has 2 rings (SSSR count). The largest absolute Gasteiger partial charge is 0.370 e. The fourth-order valence-corrected chi connectivity index (χ4v) is 1.85. The molecule has 0 spiro atoms. The van der Waals surface area contributed by atoms with Crippen molar-refractivity contribution in [2.75, 3.05) is 13.1 Å². The van der Waals surface area contributed by atoms with Crippen molar-refractivity contribution in [3.05, 3.63) is 18.0 Å². The van der Waals surface area contributed by atoms with E-state index in [1.165, 1.54) is 24.8 Å². The number of rotatable bonds is 5. The van der Waals surface area contributed by atoms with Crippen LogP contribution in [0.25, 0.3) is 0 Å². The van der Waals surface area contributed by atoms with E-state index < -0.39 is 0 Å². The van der Waals surface area contributed by atoms with Crippen LogP contribution >= 0.6 is 24.0 Å². The van der Waals surface area contributed by atoms with Gasteiger partial charge in [-0.05, 0) is 31.2 Å². The number of aliphatic imine (C=N–C) groups is 1. The summed E-state index contributed by atoms with van der Waals surface area (Å²) in [5.41, 5.74) is 6.96. The summed E-state index contributed by atoms with van der Waals surface area (Å²) in [5, 5.41) is 7.32. The highest BCUT2D eigenvalue weighted by molar-refractivity contribution is 14.0. The van der Waals surface area contributed by atoms with E-state index in [0.29, 0.717) is 5.96 Å². The molecular weight excluding hydrogens is 341 g/mol. The molecule has 0 atom stereocenters. The zero-order valence-corrected chi connectivity index (χ0v) is 13.1. The number of nitrogens with two attached hydrogens (primary N) is 1. The third kappa shape index (κ3) is 4.83. The molecule has 0 radical (unpaired) electrons. The van der Waals surface area contributed by atoms with Gasteiger partial charge >= 0.3 is 0 Å². The molecular formula is C12H22IN5. The van der Waals surface area contributed by atoms with Crippen LogP contribution in [0, 0.1) is 12.8 Å². The van der Waals surface area contributed by atoms with Crippen LogP contribution in [0.5, 0.6) is 0 Å². The SMILES string of the molecule is Cc1cnn(CCNC(N)=NCC2CCC2)c1.I. The maximum atomic E-state index is 5.78. The van der Waals surface area contributed by atoms with Gasteiger partial charge in [0.1, 0.15) is 0 Å². The van der Waals surface area contributed by atoms with E-state index in [0.717, 1.165) is 25.6 Å². The summed E-state index contributed by atoms with van der Waals surface area (Å²) in [6.45, 7) is 4.49. The minimum Gasteiger partial charge on any atom is -0.370 e. The van der Waals surface area contributed by atoms with E-state index in [1.54, 1.807) is 0 Å². The highest BCUT2D eigenvalue weighted by Crippen LogP contribution is 2.26. The third-order valence-corrected chi connectivity index (χ3v) is 3.15. The first-order valence-electron chi connectivity index (χ1n) is 6.27. The monoisotopic (exact) mass is 363 g/mol. The van der Waals surface area contributed by atoms with Crippen LogP contribution in [0.4, 0.5) is 0 Å². The Kier molecular flexibility index (Phi) is 6.45. The molecule has 0 bridgehead atoms. The molecule has 102 valence electrons. The number of nitrogens with one attached hydrogen (secondary N) is 1. The Hall–Kier alpha value is -0.790. The first-order valence-corrected chi connectivity index (χ1v) is 6.27. The number of halogens is 1. The molecule has 6 heteroatoms. The summed E-state index contributed by atoms with van der Waals surface area (Å²) in [6, 6.07) is 0. The molecule has 1 aromatic heterocycles. The van der Waals surface area contributed by atoms with Crippen molar-refractivity contribution in [1.82, 2.24) is 15.1 Å². The molecule has 1 aromatic rings. The number of aryl methyl sites for hydroxylation is 1. The summed E-state index contributed by atoms with van der Waals surface area (Å²) in [7, 11) is 0. The Bertz CT molecular complexity index is 384. The molecule has 1 aliphatic rings. The molecule has 0 aromatic carbocycles. The van der Waals surface area contributed by atoms with Gasteiger partial charge in [0.05, 0.1) is 12.7 Å². The van der Waals surface area contributed by atoms with E-state index in [1.807, 2.05) is 24.0 Å². The average Bonchev–Trinajstić information content (AvgIpc) is 2.62. The third-order valence-electron chi connectivity index (χ3n) is 3.15. The summed E-state index contributed by atoms with van der Waals surface area (Å²) < 4.78 is 1.90. The van der Waals surface area contributed by atoms with Crippen LogP contribution in [-0.2, 0) is 6.54 Å². The van der Waals surface area contributed by atoms with E-state index >= 15 is 0 Å². The Morgan fingerprint density at radius 2 is 2.39 bits per heavy atom. The maximum absolute atomic E-state index is 5.78. The minimum absolute atomic E-state index is 0. The van der Waals surface area contributed by atoms with Gasteiger partial charge in [-0.15, -0.1) is 24.0 Å². The first-order chi connectivity index (χ1) is 8.24. The number of guanidine groups is 1. The number of hydrogen-bond donors (Lipinski definition) is 2. The molecule has 0 unspecified atom stereocenters. The fourth-order valence-electron chi connectivity index (χ4n) is 1.85. The van der Waals surface area contributed by atoms with Crippen LogP contribution < -0.4 is 11.1 Å². The van der Waals surface area contributed by atoms with Crippen molar-refractivity contribution in [2.24, 2.45) is 16.6 Å². The van der Waals surface area contributed by atoms with E-state index in [4.69, 9.17) is 5.73 Å². The molecule has 3 N–H and O–H groups in total.